The smallest absolute Gasteiger partial charge is 0.235 e. The minimum Gasteiger partial charge on any atom is -0.340 e. The Hall–Kier alpha value is -2.27. The molecule has 0 bridgehead atoms. The van der Waals surface area contributed by atoms with E-state index < -0.39 is 0 Å². The predicted octanol–water partition coefficient (Wildman–Crippen LogP) is 4.09. The van der Waals surface area contributed by atoms with Gasteiger partial charge in [-0.2, -0.15) is 0 Å². The topological polar surface area (TPSA) is 49.4 Å². The van der Waals surface area contributed by atoms with E-state index in [2.05, 4.69) is 24.4 Å². The Bertz CT molecular complexity index is 744. The van der Waals surface area contributed by atoms with Gasteiger partial charge in [-0.1, -0.05) is 24.3 Å². The molecule has 1 unspecified atom stereocenters. The third kappa shape index (κ3) is 5.64. The minimum atomic E-state index is -0.180. The van der Waals surface area contributed by atoms with Gasteiger partial charge in [-0.25, -0.2) is 0 Å². The van der Waals surface area contributed by atoms with E-state index in [-0.39, 0.29) is 17.1 Å². The molecule has 0 aliphatic rings. The zero-order valence-electron chi connectivity index (χ0n) is 15.1. The number of nitrogens with zero attached hydrogens (tertiary/aromatic N) is 1. The van der Waals surface area contributed by atoms with Gasteiger partial charge in [0.1, 0.15) is 0 Å². The van der Waals surface area contributed by atoms with Gasteiger partial charge in [0.05, 0.1) is 5.25 Å². The molecule has 2 amide bonds. The first-order chi connectivity index (χ1) is 11.9. The van der Waals surface area contributed by atoms with Crippen molar-refractivity contribution in [2.45, 2.75) is 37.5 Å². The molecule has 0 aliphatic carbocycles. The molecule has 25 heavy (non-hydrogen) atoms. The number of rotatable bonds is 6. The average Bonchev–Trinajstić information content (AvgIpc) is 2.57. The first-order valence-corrected chi connectivity index (χ1v) is 9.08. The highest BCUT2D eigenvalue weighted by molar-refractivity contribution is 8.00. The number of carbonyl (C=O) groups is 2. The standard InChI is InChI=1S/C20H24N2O2S/c1-14-7-5-6-8-17(14)13-22(4)20(24)15(2)25-19-11-9-18(10-12-19)21-16(3)23/h5-12,15H,13H2,1-4H3,(H,21,23). The fraction of sp³-hybridized carbons (Fsp3) is 0.300. The lowest BCUT2D eigenvalue weighted by molar-refractivity contribution is -0.129. The number of nitrogens with one attached hydrogen (secondary N) is 1. The Balaban J connectivity index is 1.95. The van der Waals surface area contributed by atoms with E-state index in [0.717, 1.165) is 16.1 Å². The number of anilines is 1. The maximum absolute atomic E-state index is 12.6. The number of carbonyl (C=O) groups excluding carboxylic acids is 2. The lowest BCUT2D eigenvalue weighted by atomic mass is 10.1. The molecule has 0 spiro atoms. The van der Waals surface area contributed by atoms with E-state index in [9.17, 15) is 9.59 Å². The van der Waals surface area contributed by atoms with E-state index in [1.807, 2.05) is 50.4 Å². The van der Waals surface area contributed by atoms with Gasteiger partial charge in [-0.05, 0) is 49.2 Å². The van der Waals surface area contributed by atoms with Crippen molar-refractivity contribution in [1.29, 1.82) is 0 Å². The lowest BCUT2D eigenvalue weighted by Crippen LogP contribution is -2.32. The van der Waals surface area contributed by atoms with Gasteiger partial charge in [0.2, 0.25) is 11.8 Å². The molecule has 0 fully saturated rings. The van der Waals surface area contributed by atoms with Crippen molar-refractivity contribution in [2.75, 3.05) is 12.4 Å². The van der Waals surface area contributed by atoms with Gasteiger partial charge in [-0.3, -0.25) is 9.59 Å². The van der Waals surface area contributed by atoms with Crippen molar-refractivity contribution in [3.05, 3.63) is 59.7 Å². The van der Waals surface area contributed by atoms with E-state index in [0.29, 0.717) is 6.54 Å². The Morgan fingerprint density at radius 3 is 2.36 bits per heavy atom. The Morgan fingerprint density at radius 2 is 1.76 bits per heavy atom. The second-order valence-corrected chi connectivity index (χ2v) is 7.50. The normalized spacial score (nSPS) is 11.7. The van der Waals surface area contributed by atoms with Crippen LogP contribution >= 0.6 is 11.8 Å². The van der Waals surface area contributed by atoms with Crippen LogP contribution in [0.3, 0.4) is 0 Å². The molecule has 0 aliphatic heterocycles. The highest BCUT2D eigenvalue weighted by atomic mass is 32.2. The van der Waals surface area contributed by atoms with E-state index in [4.69, 9.17) is 0 Å². The van der Waals surface area contributed by atoms with Crippen LogP contribution in [-0.4, -0.2) is 29.0 Å². The van der Waals surface area contributed by atoms with Crippen LogP contribution in [0.1, 0.15) is 25.0 Å². The van der Waals surface area contributed by atoms with E-state index in [1.54, 1.807) is 4.90 Å². The first-order valence-electron chi connectivity index (χ1n) is 8.20. The summed E-state index contributed by atoms with van der Waals surface area (Å²) in [5.74, 6) is 0.000898. The molecule has 2 aromatic carbocycles. The summed E-state index contributed by atoms with van der Waals surface area (Å²) >= 11 is 1.52. The molecule has 2 aromatic rings. The third-order valence-corrected chi connectivity index (χ3v) is 4.98. The monoisotopic (exact) mass is 356 g/mol. The highest BCUT2D eigenvalue weighted by Crippen LogP contribution is 2.26. The Kier molecular flexibility index (Phi) is 6.65. The molecule has 1 atom stereocenters. The summed E-state index contributed by atoms with van der Waals surface area (Å²) in [6.07, 6.45) is 0. The molecule has 132 valence electrons. The average molecular weight is 356 g/mol. The van der Waals surface area contributed by atoms with Crippen molar-refractivity contribution in [1.82, 2.24) is 4.90 Å². The summed E-state index contributed by atoms with van der Waals surface area (Å²) < 4.78 is 0. The largest absolute Gasteiger partial charge is 0.340 e. The molecule has 0 heterocycles. The summed E-state index contributed by atoms with van der Waals surface area (Å²) in [7, 11) is 1.84. The maximum atomic E-state index is 12.6. The second kappa shape index (κ2) is 8.72. The molecule has 0 aromatic heterocycles. The van der Waals surface area contributed by atoms with Gasteiger partial charge in [0.15, 0.2) is 0 Å². The van der Waals surface area contributed by atoms with Crippen molar-refractivity contribution in [3.8, 4) is 0 Å². The van der Waals surface area contributed by atoms with Gasteiger partial charge in [0.25, 0.3) is 0 Å². The van der Waals surface area contributed by atoms with Crippen molar-refractivity contribution in [3.63, 3.8) is 0 Å². The van der Waals surface area contributed by atoms with Crippen LogP contribution in [0.4, 0.5) is 5.69 Å². The zero-order chi connectivity index (χ0) is 18.4. The quantitative estimate of drug-likeness (QED) is 0.793. The van der Waals surface area contributed by atoms with Crippen molar-refractivity contribution < 1.29 is 9.59 Å². The summed E-state index contributed by atoms with van der Waals surface area (Å²) in [6, 6.07) is 15.6. The zero-order valence-corrected chi connectivity index (χ0v) is 15.9. The Morgan fingerprint density at radius 1 is 1.12 bits per heavy atom. The van der Waals surface area contributed by atoms with Crippen LogP contribution in [0.2, 0.25) is 0 Å². The van der Waals surface area contributed by atoms with Crippen molar-refractivity contribution >= 4 is 29.3 Å². The van der Waals surface area contributed by atoms with Crippen LogP contribution in [-0.2, 0) is 16.1 Å². The SMILES string of the molecule is CC(=O)Nc1ccc(SC(C)C(=O)N(C)Cc2ccccc2C)cc1. The molecule has 0 radical (unpaired) electrons. The highest BCUT2D eigenvalue weighted by Gasteiger charge is 2.19. The molecule has 0 saturated heterocycles. The summed E-state index contributed by atoms with van der Waals surface area (Å²) in [6.45, 7) is 6.07. The number of aryl methyl sites for hydroxylation is 1. The van der Waals surface area contributed by atoms with Gasteiger partial charge < -0.3 is 10.2 Å². The van der Waals surface area contributed by atoms with Gasteiger partial charge >= 0.3 is 0 Å². The molecule has 4 nitrogen and oxygen atoms in total. The third-order valence-electron chi connectivity index (χ3n) is 3.88. The van der Waals surface area contributed by atoms with Crippen LogP contribution in [0.5, 0.6) is 0 Å². The van der Waals surface area contributed by atoms with Crippen molar-refractivity contribution in [2.24, 2.45) is 0 Å². The van der Waals surface area contributed by atoms with Crippen LogP contribution in [0.15, 0.2) is 53.4 Å². The number of amides is 2. The van der Waals surface area contributed by atoms with Crippen LogP contribution < -0.4 is 5.32 Å². The lowest BCUT2D eigenvalue weighted by Gasteiger charge is -2.22. The van der Waals surface area contributed by atoms with Crippen LogP contribution in [0.25, 0.3) is 0 Å². The summed E-state index contributed by atoms with van der Waals surface area (Å²) in [5, 5.41) is 2.56. The molecule has 1 N–H and O–H groups in total. The molecular weight excluding hydrogens is 332 g/mol. The van der Waals surface area contributed by atoms with E-state index in [1.165, 1.54) is 24.2 Å². The first kappa shape index (κ1) is 19.1. The fourth-order valence-corrected chi connectivity index (χ4v) is 3.49. The number of hydrogen-bond acceptors (Lipinski definition) is 3. The maximum Gasteiger partial charge on any atom is 0.235 e. The molecule has 0 saturated carbocycles. The molecule has 5 heteroatoms. The molecular formula is C20H24N2O2S. The number of hydrogen-bond donors (Lipinski definition) is 1. The number of benzene rings is 2. The van der Waals surface area contributed by atoms with Gasteiger partial charge in [-0.15, -0.1) is 11.8 Å². The van der Waals surface area contributed by atoms with Crippen LogP contribution in [0, 0.1) is 6.92 Å². The fourth-order valence-electron chi connectivity index (χ4n) is 2.51. The summed E-state index contributed by atoms with van der Waals surface area (Å²) in [5.41, 5.74) is 3.11. The summed E-state index contributed by atoms with van der Waals surface area (Å²) in [4.78, 5) is 26.4. The predicted molar refractivity (Wildman–Crippen MR) is 104 cm³/mol. The molecule has 2 rings (SSSR count). The van der Waals surface area contributed by atoms with E-state index >= 15 is 0 Å². The number of thioether (sulfide) groups is 1. The minimum absolute atomic E-state index is 0.0956. The van der Waals surface area contributed by atoms with Gasteiger partial charge in [0, 0.05) is 31.1 Å². The Labute approximate surface area is 153 Å². The second-order valence-electron chi connectivity index (χ2n) is 6.09.